The SMILES string of the molecule is C=C(CN(C)C)Oc1cc(N2CCN(C(=O)OC(C)(C)C)CC2)cc2ncnc(Nc3ccc4ncccc4c3F)c12. The minimum absolute atomic E-state index is 0.260. The van der Waals surface area contributed by atoms with Gasteiger partial charge in [-0.15, -0.1) is 0 Å². The molecule has 0 spiro atoms. The largest absolute Gasteiger partial charge is 0.460 e. The fourth-order valence-electron chi connectivity index (χ4n) is 4.85. The van der Waals surface area contributed by atoms with Crippen molar-refractivity contribution in [1.29, 1.82) is 0 Å². The monoisotopic (exact) mass is 573 g/mol. The van der Waals surface area contributed by atoms with E-state index in [1.54, 1.807) is 35.4 Å². The molecule has 0 radical (unpaired) electrons. The Bertz CT molecular complexity index is 1630. The van der Waals surface area contributed by atoms with Gasteiger partial charge in [-0.2, -0.15) is 0 Å². The summed E-state index contributed by atoms with van der Waals surface area (Å²) in [7, 11) is 3.86. The molecule has 11 heteroatoms. The molecule has 1 aliphatic rings. The van der Waals surface area contributed by atoms with Gasteiger partial charge in [0.2, 0.25) is 0 Å². The number of carbonyl (C=O) groups excluding carboxylic acids is 1. The molecule has 10 nitrogen and oxygen atoms in total. The van der Waals surface area contributed by atoms with Gasteiger partial charge in [0.25, 0.3) is 0 Å². The molecule has 4 aromatic rings. The van der Waals surface area contributed by atoms with E-state index in [9.17, 15) is 4.79 Å². The Hall–Kier alpha value is -4.51. The molecule has 2 aromatic carbocycles. The smallest absolute Gasteiger partial charge is 0.410 e. The summed E-state index contributed by atoms with van der Waals surface area (Å²) in [6.07, 6.45) is 2.75. The number of carbonyl (C=O) groups is 1. The van der Waals surface area contributed by atoms with Crippen LogP contribution < -0.4 is 15.0 Å². The molecule has 0 unspecified atom stereocenters. The third-order valence-electron chi connectivity index (χ3n) is 6.70. The zero-order valence-corrected chi connectivity index (χ0v) is 24.6. The number of nitrogens with one attached hydrogen (secondary N) is 1. The number of pyridine rings is 1. The lowest BCUT2D eigenvalue weighted by atomic mass is 10.1. The van der Waals surface area contributed by atoms with E-state index in [1.807, 2.05) is 51.9 Å². The summed E-state index contributed by atoms with van der Waals surface area (Å²) in [5.74, 6) is 1.00. The molecule has 5 rings (SSSR count). The summed E-state index contributed by atoms with van der Waals surface area (Å²) in [6.45, 7) is 12.4. The maximum atomic E-state index is 15.5. The van der Waals surface area contributed by atoms with Crippen molar-refractivity contribution < 1.29 is 18.7 Å². The van der Waals surface area contributed by atoms with Gasteiger partial charge in [-0.1, -0.05) is 6.58 Å². The lowest BCUT2D eigenvalue weighted by Crippen LogP contribution is -2.50. The molecule has 0 saturated carbocycles. The highest BCUT2D eigenvalue weighted by atomic mass is 19.1. The van der Waals surface area contributed by atoms with E-state index in [0.29, 0.717) is 71.9 Å². The first kappa shape index (κ1) is 29.0. The van der Waals surface area contributed by atoms with Crippen LogP contribution in [0.4, 0.5) is 26.4 Å². The van der Waals surface area contributed by atoms with Gasteiger partial charge >= 0.3 is 6.09 Å². The van der Waals surface area contributed by atoms with Crippen LogP contribution in [0, 0.1) is 5.82 Å². The zero-order chi connectivity index (χ0) is 30.0. The van der Waals surface area contributed by atoms with Gasteiger partial charge in [-0.25, -0.2) is 19.2 Å². The zero-order valence-electron chi connectivity index (χ0n) is 24.6. The Morgan fingerprint density at radius 2 is 1.83 bits per heavy atom. The van der Waals surface area contributed by atoms with Crippen molar-refractivity contribution >= 4 is 45.1 Å². The molecule has 0 bridgehead atoms. The number of halogens is 1. The summed E-state index contributed by atoms with van der Waals surface area (Å²) in [5, 5.41) is 4.16. The van der Waals surface area contributed by atoms with E-state index < -0.39 is 11.4 Å². The lowest BCUT2D eigenvalue weighted by Gasteiger charge is -2.37. The first-order valence-corrected chi connectivity index (χ1v) is 13.8. The number of hydrogen-bond acceptors (Lipinski definition) is 9. The van der Waals surface area contributed by atoms with Crippen molar-refractivity contribution in [3.8, 4) is 5.75 Å². The van der Waals surface area contributed by atoms with Gasteiger partial charge in [0.1, 0.15) is 29.3 Å². The highest BCUT2D eigenvalue weighted by Gasteiger charge is 2.27. The highest BCUT2D eigenvalue weighted by molar-refractivity contribution is 5.98. The van der Waals surface area contributed by atoms with Crippen LogP contribution in [0.3, 0.4) is 0 Å². The number of ether oxygens (including phenoxy) is 2. The van der Waals surface area contributed by atoms with Crippen molar-refractivity contribution in [1.82, 2.24) is 24.8 Å². The van der Waals surface area contributed by atoms with Crippen molar-refractivity contribution in [3.63, 3.8) is 0 Å². The molecule has 1 amide bonds. The number of fused-ring (bicyclic) bond motifs is 2. The van der Waals surface area contributed by atoms with Crippen LogP contribution in [0.25, 0.3) is 21.8 Å². The van der Waals surface area contributed by atoms with Crippen LogP contribution in [-0.2, 0) is 4.74 Å². The average Bonchev–Trinajstić information content (AvgIpc) is 2.93. The number of rotatable bonds is 7. The normalized spacial score (nSPS) is 14.0. The van der Waals surface area contributed by atoms with Crippen LogP contribution in [0.2, 0.25) is 0 Å². The molecular formula is C31H36FN7O3. The molecule has 3 heterocycles. The standard InChI is InChI=1S/C31H36FN7O3/c1-20(18-37(5)6)41-26-17-21(38-12-14-39(15-13-38)30(40)42-31(2,3)4)16-25-27(26)29(35-19-34-25)36-24-10-9-23-22(28(24)32)8-7-11-33-23/h7-11,16-17,19H,1,12-15,18H2,2-6H3,(H,34,35,36). The number of likely N-dealkylation sites (N-methyl/N-ethyl adjacent to an activating group) is 1. The fraction of sp³-hybridized carbons (Fsp3) is 0.355. The van der Waals surface area contributed by atoms with Crippen LogP contribution in [-0.4, -0.2) is 83.3 Å². The number of aromatic nitrogens is 3. The summed E-state index contributed by atoms with van der Waals surface area (Å²) >= 11 is 0. The second-order valence-corrected chi connectivity index (χ2v) is 11.5. The van der Waals surface area contributed by atoms with Gasteiger partial charge in [-0.3, -0.25) is 4.98 Å². The highest BCUT2D eigenvalue weighted by Crippen LogP contribution is 2.38. The van der Waals surface area contributed by atoms with E-state index in [4.69, 9.17) is 9.47 Å². The van der Waals surface area contributed by atoms with Crippen LogP contribution in [0.15, 0.2) is 61.3 Å². The molecule has 0 aliphatic carbocycles. The average molecular weight is 574 g/mol. The third-order valence-corrected chi connectivity index (χ3v) is 6.70. The molecule has 1 N–H and O–H groups in total. The fourth-order valence-corrected chi connectivity index (χ4v) is 4.85. The van der Waals surface area contributed by atoms with E-state index in [1.165, 1.54) is 6.33 Å². The van der Waals surface area contributed by atoms with Gasteiger partial charge in [0.15, 0.2) is 5.82 Å². The number of benzene rings is 2. The Kier molecular flexibility index (Phi) is 8.13. The topological polar surface area (TPSA) is 96.0 Å². The predicted molar refractivity (Wildman–Crippen MR) is 163 cm³/mol. The second kappa shape index (κ2) is 11.8. The van der Waals surface area contributed by atoms with Crippen molar-refractivity contribution in [2.45, 2.75) is 26.4 Å². The van der Waals surface area contributed by atoms with Crippen LogP contribution in [0.5, 0.6) is 5.75 Å². The molecule has 220 valence electrons. The quantitative estimate of drug-likeness (QED) is 0.285. The molecule has 1 saturated heterocycles. The van der Waals surface area contributed by atoms with Crippen LogP contribution >= 0.6 is 0 Å². The van der Waals surface area contributed by atoms with Crippen LogP contribution in [0.1, 0.15) is 20.8 Å². The number of anilines is 3. The Morgan fingerprint density at radius 1 is 1.07 bits per heavy atom. The molecule has 1 fully saturated rings. The number of nitrogens with zero attached hydrogens (tertiary/aromatic N) is 6. The van der Waals surface area contributed by atoms with Gasteiger partial charge in [0.05, 0.1) is 28.7 Å². The molecule has 42 heavy (non-hydrogen) atoms. The maximum Gasteiger partial charge on any atom is 0.410 e. The van der Waals surface area contributed by atoms with E-state index in [0.717, 1.165) is 5.69 Å². The van der Waals surface area contributed by atoms with E-state index in [-0.39, 0.29) is 11.8 Å². The Balaban J connectivity index is 1.48. The maximum absolute atomic E-state index is 15.5. The van der Waals surface area contributed by atoms with Gasteiger partial charge in [-0.05, 0) is 65.2 Å². The van der Waals surface area contributed by atoms with Crippen molar-refractivity contribution in [2.24, 2.45) is 0 Å². The Morgan fingerprint density at radius 3 is 2.55 bits per heavy atom. The molecule has 2 aromatic heterocycles. The molecule has 0 atom stereocenters. The minimum atomic E-state index is -0.550. The summed E-state index contributed by atoms with van der Waals surface area (Å²) < 4.78 is 27.3. The van der Waals surface area contributed by atoms with Crippen molar-refractivity contribution in [2.75, 3.05) is 57.0 Å². The second-order valence-electron chi connectivity index (χ2n) is 11.5. The third kappa shape index (κ3) is 6.52. The lowest BCUT2D eigenvalue weighted by molar-refractivity contribution is 0.0240. The van der Waals surface area contributed by atoms with E-state index in [2.05, 4.69) is 31.7 Å². The summed E-state index contributed by atoms with van der Waals surface area (Å²) in [5.41, 5.74) is 1.78. The minimum Gasteiger partial charge on any atom is -0.460 e. The predicted octanol–water partition coefficient (Wildman–Crippen LogP) is 5.57. The van der Waals surface area contributed by atoms with Gasteiger partial charge < -0.3 is 29.5 Å². The van der Waals surface area contributed by atoms with E-state index >= 15 is 4.39 Å². The first-order valence-electron chi connectivity index (χ1n) is 13.8. The van der Waals surface area contributed by atoms with Crippen molar-refractivity contribution in [3.05, 3.63) is 67.1 Å². The number of hydrogen-bond donors (Lipinski definition) is 1. The molecule has 1 aliphatic heterocycles. The molecular weight excluding hydrogens is 537 g/mol. The summed E-state index contributed by atoms with van der Waals surface area (Å²) in [6, 6.07) is 10.7. The number of amides is 1. The first-order chi connectivity index (χ1) is 20.0. The summed E-state index contributed by atoms with van der Waals surface area (Å²) in [4.78, 5) is 31.7. The number of piperazine rings is 1. The van der Waals surface area contributed by atoms with Gasteiger partial charge in [0, 0.05) is 49.5 Å². The Labute approximate surface area is 244 Å².